The zero-order valence-electron chi connectivity index (χ0n) is 41.0. The Morgan fingerprint density at radius 3 is 2.08 bits per heavy atom. The van der Waals surface area contributed by atoms with Crippen molar-refractivity contribution in [1.29, 1.82) is 0 Å². The molecular formula is C52H75N7O7. The maximum atomic E-state index is 13.1. The molecule has 2 aliphatic rings. The van der Waals surface area contributed by atoms with Crippen LogP contribution in [0.5, 0.6) is 0 Å². The number of imidazole rings is 1. The van der Waals surface area contributed by atoms with Gasteiger partial charge in [0.05, 0.1) is 18.1 Å². The molecule has 14 nitrogen and oxygen atoms in total. The van der Waals surface area contributed by atoms with E-state index in [1.165, 1.54) is 5.56 Å². The zero-order valence-corrected chi connectivity index (χ0v) is 41.0. The Kier molecular flexibility index (Phi) is 20.5. The topological polar surface area (TPSA) is 181 Å². The summed E-state index contributed by atoms with van der Waals surface area (Å²) in [4.78, 5) is 65.1. The summed E-state index contributed by atoms with van der Waals surface area (Å²) in [6.45, 7) is 19.6. The molecule has 2 atom stereocenters. The first-order valence-corrected chi connectivity index (χ1v) is 23.8. The molecule has 4 N–H and O–H groups in total. The molecule has 0 radical (unpaired) electrons. The third-order valence-electron chi connectivity index (χ3n) is 11.2. The number of carbonyl (C=O) groups excluding carboxylic acids is 4. The van der Waals surface area contributed by atoms with Gasteiger partial charge in [-0.3, -0.25) is 9.59 Å². The Morgan fingerprint density at radius 2 is 1.44 bits per heavy atom. The Morgan fingerprint density at radius 1 is 0.803 bits per heavy atom. The van der Waals surface area contributed by atoms with Crippen LogP contribution in [-0.2, 0) is 25.5 Å². The summed E-state index contributed by atoms with van der Waals surface area (Å²) >= 11 is 0. The van der Waals surface area contributed by atoms with Crippen LogP contribution in [0.4, 0.5) is 9.59 Å². The van der Waals surface area contributed by atoms with Gasteiger partial charge in [-0.2, -0.15) is 0 Å². The average molecular weight is 910 g/mol. The number of oxazole rings is 1. The molecule has 2 fully saturated rings. The third-order valence-corrected chi connectivity index (χ3v) is 11.2. The number of H-pyrrole nitrogens is 1. The molecular weight excluding hydrogens is 835 g/mol. The van der Waals surface area contributed by atoms with Gasteiger partial charge in [0.15, 0.2) is 0 Å². The first-order valence-electron chi connectivity index (χ1n) is 23.8. The Labute approximate surface area is 392 Å². The van der Waals surface area contributed by atoms with Crippen molar-refractivity contribution in [2.75, 3.05) is 19.6 Å². The number of nitrogens with zero attached hydrogens (tertiary/aromatic N) is 3. The Bertz CT molecular complexity index is 2120. The highest BCUT2D eigenvalue weighted by molar-refractivity contribution is 5.87. The summed E-state index contributed by atoms with van der Waals surface area (Å²) in [6.07, 6.45) is 14.5. The van der Waals surface area contributed by atoms with Crippen molar-refractivity contribution in [2.45, 2.75) is 162 Å². The molecule has 0 spiro atoms. The van der Waals surface area contributed by atoms with E-state index in [2.05, 4.69) is 55.2 Å². The smallest absolute Gasteiger partial charge is 0.408 e. The molecule has 2 unspecified atom stereocenters. The maximum absolute atomic E-state index is 13.1. The molecule has 1 saturated carbocycles. The molecule has 1 saturated heterocycles. The summed E-state index contributed by atoms with van der Waals surface area (Å²) < 4.78 is 17.0. The quantitative estimate of drug-likeness (QED) is 0.0707. The van der Waals surface area contributed by atoms with Crippen molar-refractivity contribution in [1.82, 2.24) is 35.8 Å². The predicted octanol–water partition coefficient (Wildman–Crippen LogP) is 11.0. The van der Waals surface area contributed by atoms with E-state index < -0.39 is 29.4 Å². The minimum Gasteiger partial charge on any atom is -0.444 e. The number of aryl methyl sites for hydroxylation is 1. The number of allylic oxidation sites excluding steroid dienone is 2. The second kappa shape index (κ2) is 25.7. The average Bonchev–Trinajstić information content (AvgIpc) is 4.10. The van der Waals surface area contributed by atoms with Crippen LogP contribution >= 0.6 is 0 Å². The molecule has 1 aliphatic heterocycles. The lowest BCUT2D eigenvalue weighted by atomic mass is 9.78. The van der Waals surface area contributed by atoms with Gasteiger partial charge in [-0.1, -0.05) is 80.6 Å². The van der Waals surface area contributed by atoms with Crippen LogP contribution in [0.25, 0.3) is 11.3 Å². The second-order valence-corrected chi connectivity index (χ2v) is 18.5. The number of ether oxygens (including phenoxy) is 2. The number of carbonyl (C=O) groups is 4. The highest BCUT2D eigenvalue weighted by Gasteiger charge is 2.35. The number of benzene rings is 2. The van der Waals surface area contributed by atoms with Gasteiger partial charge in [0, 0.05) is 25.4 Å². The number of hydrogen-bond donors (Lipinski definition) is 4. The lowest BCUT2D eigenvalue weighted by molar-refractivity contribution is -0.131. The van der Waals surface area contributed by atoms with Crippen molar-refractivity contribution in [3.63, 3.8) is 0 Å². The summed E-state index contributed by atoms with van der Waals surface area (Å²) in [6, 6.07) is 16.8. The van der Waals surface area contributed by atoms with E-state index in [-0.39, 0.29) is 30.3 Å². The highest BCUT2D eigenvalue weighted by atomic mass is 16.6. The van der Waals surface area contributed by atoms with Gasteiger partial charge in [-0.05, 0) is 129 Å². The van der Waals surface area contributed by atoms with E-state index in [1.807, 2.05) is 70.4 Å². The third kappa shape index (κ3) is 16.8. The van der Waals surface area contributed by atoms with Crippen LogP contribution < -0.4 is 16.0 Å². The highest BCUT2D eigenvalue weighted by Crippen LogP contribution is 2.42. The molecule has 14 heteroatoms. The molecule has 0 bridgehead atoms. The first-order chi connectivity index (χ1) is 31.5. The monoisotopic (exact) mass is 910 g/mol. The number of hydrogen-bond acceptors (Lipinski definition) is 9. The van der Waals surface area contributed by atoms with E-state index in [9.17, 15) is 19.2 Å². The second-order valence-electron chi connectivity index (χ2n) is 18.5. The van der Waals surface area contributed by atoms with Crippen LogP contribution in [0.2, 0.25) is 0 Å². The molecule has 66 heavy (non-hydrogen) atoms. The number of rotatable bonds is 14. The van der Waals surface area contributed by atoms with Crippen molar-refractivity contribution in [2.24, 2.45) is 0 Å². The van der Waals surface area contributed by atoms with E-state index in [4.69, 9.17) is 13.9 Å². The van der Waals surface area contributed by atoms with Crippen molar-refractivity contribution in [3.05, 3.63) is 108 Å². The SMILES string of the molecule is C/C=C\C.CC.CC(C)(C)OC(=O)NCC(=O)N1CCCC1c1ncc(C2CCC(c3ccc(-c4cnc(CCCCNC(=O)C(NC(=O)OC(C)(C)C)c5ccccc5)[nH]4)cc3)CC2)o1. The van der Waals surface area contributed by atoms with Gasteiger partial charge >= 0.3 is 12.2 Å². The normalized spacial score (nSPS) is 17.7. The molecule has 4 aromatic rings. The minimum atomic E-state index is -0.860. The lowest BCUT2D eigenvalue weighted by Gasteiger charge is -2.27. The number of alkyl carbamates (subject to hydrolysis) is 2. The van der Waals surface area contributed by atoms with Gasteiger partial charge in [-0.15, -0.1) is 0 Å². The van der Waals surface area contributed by atoms with Crippen LogP contribution in [-0.4, -0.2) is 74.7 Å². The number of aromatic nitrogens is 3. The fourth-order valence-electron chi connectivity index (χ4n) is 7.91. The van der Waals surface area contributed by atoms with E-state index >= 15 is 0 Å². The predicted molar refractivity (Wildman–Crippen MR) is 259 cm³/mol. The standard InChI is InChI=1S/C46H61N7O7.C4H8.C2H6/c1-45(2,3)59-43(56)50-29-39(54)53-26-12-15-36(53)42-49-28-37(58-42)33-23-19-31(20-24-33)30-17-21-32(22-18-30)35-27-48-38(51-35)16-10-11-25-47-41(55)40(34-13-8-7-9-14-34)52-44(57)60-46(4,5)6;1-3-4-2;1-2/h7-9,13-14,17-18,21-22,27-28,31,33,36,40H,10-12,15-16,19-20,23-26,29H2,1-6H3,(H,47,55)(H,48,51)(H,50,56)(H,52,57);3-4H,1-2H3;1-2H3/b;4-3-;. The van der Waals surface area contributed by atoms with Crippen LogP contribution in [0.3, 0.4) is 0 Å². The van der Waals surface area contributed by atoms with E-state index in [0.29, 0.717) is 30.5 Å². The number of nitrogens with one attached hydrogen (secondary N) is 4. The molecule has 4 amide bonds. The van der Waals surface area contributed by atoms with Crippen molar-refractivity contribution in [3.8, 4) is 11.3 Å². The molecule has 1 aliphatic carbocycles. The maximum Gasteiger partial charge on any atom is 0.408 e. The summed E-state index contributed by atoms with van der Waals surface area (Å²) in [7, 11) is 0. The molecule has 360 valence electrons. The summed E-state index contributed by atoms with van der Waals surface area (Å²) in [5, 5.41) is 8.25. The summed E-state index contributed by atoms with van der Waals surface area (Å²) in [5.41, 5.74) is 2.74. The van der Waals surface area contributed by atoms with Crippen LogP contribution in [0, 0.1) is 0 Å². The van der Waals surface area contributed by atoms with Crippen LogP contribution in [0.15, 0.2) is 83.6 Å². The number of amides is 4. The fraction of sp³-hybridized carbons (Fsp3) is 0.538. The van der Waals surface area contributed by atoms with Gasteiger partial charge in [0.25, 0.3) is 0 Å². The molecule has 6 rings (SSSR count). The number of unbranched alkanes of at least 4 members (excludes halogenated alkanes) is 1. The van der Waals surface area contributed by atoms with Crippen molar-refractivity contribution >= 4 is 24.0 Å². The Hall–Kier alpha value is -5.92. The van der Waals surface area contributed by atoms with E-state index in [0.717, 1.165) is 80.6 Å². The molecule has 2 aromatic carbocycles. The Balaban J connectivity index is 0.00000150. The van der Waals surface area contributed by atoms with Gasteiger partial charge in [-0.25, -0.2) is 19.6 Å². The largest absolute Gasteiger partial charge is 0.444 e. The van der Waals surface area contributed by atoms with Gasteiger partial charge in [0.1, 0.15) is 41.4 Å². The summed E-state index contributed by atoms with van der Waals surface area (Å²) in [5.74, 6) is 2.63. The van der Waals surface area contributed by atoms with E-state index in [1.54, 1.807) is 58.6 Å². The fourth-order valence-corrected chi connectivity index (χ4v) is 7.91. The van der Waals surface area contributed by atoms with Gasteiger partial charge < -0.3 is 39.7 Å². The lowest BCUT2D eigenvalue weighted by Crippen LogP contribution is -2.42. The van der Waals surface area contributed by atoms with Gasteiger partial charge in [0.2, 0.25) is 17.7 Å². The zero-order chi connectivity index (χ0) is 48.3. The minimum absolute atomic E-state index is 0.131. The number of likely N-dealkylation sites (tertiary alicyclic amines) is 1. The van der Waals surface area contributed by atoms with Crippen molar-refractivity contribution < 1.29 is 33.1 Å². The van der Waals surface area contributed by atoms with Crippen LogP contribution in [0.1, 0.15) is 173 Å². The molecule has 3 heterocycles. The molecule has 2 aromatic heterocycles. The first kappa shape index (κ1) is 52.7. The number of aromatic amines is 1.